The second-order valence-electron chi connectivity index (χ2n) is 5.79. The maximum atomic E-state index is 5.57. The molecule has 0 heterocycles. The number of hydrogen-bond donors (Lipinski definition) is 2. The molecule has 0 aliphatic heterocycles. The Bertz CT molecular complexity index is 190. The Labute approximate surface area is 105 Å². The lowest BCUT2D eigenvalue weighted by Crippen LogP contribution is -2.39. The average Bonchev–Trinajstić information content (AvgIpc) is 2.16. The molecule has 0 spiro atoms. The Hall–Kier alpha value is 0.230. The largest absolute Gasteiger partial charge is 0.379 e. The molecule has 0 aliphatic rings. The van der Waals surface area contributed by atoms with Crippen LogP contribution in [-0.2, 0) is 4.74 Å². The van der Waals surface area contributed by atoms with Crippen LogP contribution in [0.3, 0.4) is 0 Å². The van der Waals surface area contributed by atoms with E-state index < -0.39 is 0 Å². The van der Waals surface area contributed by atoms with E-state index in [1.165, 1.54) is 0 Å². The molecule has 3 nitrogen and oxygen atoms in total. The van der Waals surface area contributed by atoms with Crippen LogP contribution in [0.25, 0.3) is 0 Å². The Morgan fingerprint density at radius 2 is 1.81 bits per heavy atom. The van der Waals surface area contributed by atoms with Gasteiger partial charge in [-0.05, 0) is 26.7 Å². The normalized spacial score (nSPS) is 15.2. The molecule has 0 amide bonds. The second-order valence-corrected chi connectivity index (χ2v) is 7.64. The minimum absolute atomic E-state index is 0.0541. The second kappa shape index (κ2) is 6.84. The summed E-state index contributed by atoms with van der Waals surface area (Å²) >= 11 is 1.94. The summed E-state index contributed by atoms with van der Waals surface area (Å²) in [6.07, 6.45) is 2.06. The predicted octanol–water partition coefficient (Wildman–Crippen LogP) is 2.56. The first kappa shape index (κ1) is 16.2. The van der Waals surface area contributed by atoms with Crippen LogP contribution in [0.2, 0.25) is 0 Å². The van der Waals surface area contributed by atoms with E-state index >= 15 is 0 Å². The average molecular weight is 248 g/mol. The van der Waals surface area contributed by atoms with Gasteiger partial charge >= 0.3 is 0 Å². The molecule has 1 unspecified atom stereocenters. The van der Waals surface area contributed by atoms with Crippen molar-refractivity contribution in [3.8, 4) is 0 Å². The third-order valence-electron chi connectivity index (χ3n) is 2.60. The highest BCUT2D eigenvalue weighted by Crippen LogP contribution is 2.25. The molecule has 0 aromatic rings. The first-order valence-corrected chi connectivity index (χ1v) is 6.84. The molecule has 0 aromatic carbocycles. The molecular weight excluding hydrogens is 220 g/mol. The van der Waals surface area contributed by atoms with Gasteiger partial charge in [-0.25, -0.2) is 0 Å². The van der Waals surface area contributed by atoms with E-state index in [0.717, 1.165) is 18.6 Å². The zero-order chi connectivity index (χ0) is 12.8. The third-order valence-corrected chi connectivity index (χ3v) is 4.04. The minimum atomic E-state index is -0.0541. The van der Waals surface area contributed by atoms with Crippen LogP contribution < -0.4 is 11.3 Å². The number of rotatable bonds is 7. The van der Waals surface area contributed by atoms with Gasteiger partial charge in [0.2, 0.25) is 0 Å². The topological polar surface area (TPSA) is 47.3 Å². The Morgan fingerprint density at radius 1 is 1.25 bits per heavy atom. The molecule has 1 atom stereocenters. The van der Waals surface area contributed by atoms with Crippen molar-refractivity contribution in [3.63, 3.8) is 0 Å². The number of hydrogen-bond acceptors (Lipinski definition) is 4. The van der Waals surface area contributed by atoms with Gasteiger partial charge in [-0.3, -0.25) is 11.3 Å². The number of thioether (sulfide) groups is 1. The van der Waals surface area contributed by atoms with E-state index in [0.29, 0.717) is 10.8 Å². The van der Waals surface area contributed by atoms with Crippen LogP contribution in [-0.4, -0.2) is 29.3 Å². The highest BCUT2D eigenvalue weighted by molar-refractivity contribution is 8.00. The maximum absolute atomic E-state index is 5.57. The molecule has 0 fully saturated rings. The SMILES string of the molecule is COC(C)(C)CCC(CSC(C)(C)C)NN. The first-order chi connectivity index (χ1) is 7.20. The lowest BCUT2D eigenvalue weighted by molar-refractivity contribution is 0.0122. The van der Waals surface area contributed by atoms with Gasteiger partial charge in [0.05, 0.1) is 5.60 Å². The number of hydrazine groups is 1. The summed E-state index contributed by atoms with van der Waals surface area (Å²) in [6, 6.07) is 0.360. The van der Waals surface area contributed by atoms with Crippen LogP contribution in [0.1, 0.15) is 47.5 Å². The van der Waals surface area contributed by atoms with E-state index in [-0.39, 0.29) is 5.60 Å². The quantitative estimate of drug-likeness (QED) is 0.537. The molecular formula is C12H28N2OS. The van der Waals surface area contributed by atoms with Crippen LogP contribution in [0.4, 0.5) is 0 Å². The maximum Gasteiger partial charge on any atom is 0.0623 e. The summed E-state index contributed by atoms with van der Waals surface area (Å²) in [7, 11) is 1.76. The van der Waals surface area contributed by atoms with Crippen molar-refractivity contribution >= 4 is 11.8 Å². The molecule has 16 heavy (non-hydrogen) atoms. The van der Waals surface area contributed by atoms with Crippen LogP contribution in [0.15, 0.2) is 0 Å². The van der Waals surface area contributed by atoms with Crippen molar-refractivity contribution in [2.24, 2.45) is 5.84 Å². The van der Waals surface area contributed by atoms with Crippen molar-refractivity contribution in [1.82, 2.24) is 5.43 Å². The van der Waals surface area contributed by atoms with Crippen molar-refractivity contribution < 1.29 is 4.74 Å². The smallest absolute Gasteiger partial charge is 0.0623 e. The standard InChI is InChI=1S/C12H28N2OS/c1-11(2,3)16-9-10(14-13)7-8-12(4,5)15-6/h10,14H,7-9,13H2,1-6H3. The predicted molar refractivity (Wildman–Crippen MR) is 73.6 cm³/mol. The summed E-state index contributed by atoms with van der Waals surface area (Å²) in [5, 5.41) is 0. The minimum Gasteiger partial charge on any atom is -0.379 e. The zero-order valence-electron chi connectivity index (χ0n) is 11.6. The van der Waals surface area contributed by atoms with E-state index in [2.05, 4.69) is 40.0 Å². The fourth-order valence-corrected chi connectivity index (χ4v) is 2.15. The molecule has 0 aromatic heterocycles. The Kier molecular flexibility index (Phi) is 6.94. The van der Waals surface area contributed by atoms with Gasteiger partial charge in [0.1, 0.15) is 0 Å². The molecule has 98 valence electrons. The van der Waals surface area contributed by atoms with Gasteiger partial charge in [0.15, 0.2) is 0 Å². The molecule has 0 saturated heterocycles. The van der Waals surface area contributed by atoms with Gasteiger partial charge in [0, 0.05) is 23.7 Å². The van der Waals surface area contributed by atoms with Crippen molar-refractivity contribution in [2.75, 3.05) is 12.9 Å². The Morgan fingerprint density at radius 3 is 2.19 bits per heavy atom. The molecule has 0 bridgehead atoms. The Balaban J connectivity index is 3.93. The number of ether oxygens (including phenoxy) is 1. The van der Waals surface area contributed by atoms with Crippen molar-refractivity contribution in [2.45, 2.75) is 63.9 Å². The lowest BCUT2D eigenvalue weighted by Gasteiger charge is -2.27. The fourth-order valence-electron chi connectivity index (χ4n) is 1.19. The van der Waals surface area contributed by atoms with Crippen LogP contribution in [0.5, 0.6) is 0 Å². The third kappa shape index (κ3) is 8.39. The molecule has 4 heteroatoms. The van der Waals surface area contributed by atoms with Crippen LogP contribution >= 0.6 is 11.8 Å². The fraction of sp³-hybridized carbons (Fsp3) is 1.00. The highest BCUT2D eigenvalue weighted by Gasteiger charge is 2.20. The summed E-state index contributed by atoms with van der Waals surface area (Å²) in [6.45, 7) is 10.9. The monoisotopic (exact) mass is 248 g/mol. The summed E-state index contributed by atoms with van der Waals surface area (Å²) in [5.74, 6) is 6.61. The van der Waals surface area contributed by atoms with E-state index in [1.807, 2.05) is 11.8 Å². The van der Waals surface area contributed by atoms with Crippen molar-refractivity contribution in [3.05, 3.63) is 0 Å². The van der Waals surface area contributed by atoms with Crippen LogP contribution in [0, 0.1) is 0 Å². The van der Waals surface area contributed by atoms with Gasteiger partial charge in [0.25, 0.3) is 0 Å². The molecule has 0 rings (SSSR count). The summed E-state index contributed by atoms with van der Waals surface area (Å²) < 4.78 is 5.70. The van der Waals surface area contributed by atoms with Gasteiger partial charge in [-0.15, -0.1) is 0 Å². The van der Waals surface area contributed by atoms with E-state index in [9.17, 15) is 0 Å². The van der Waals surface area contributed by atoms with Gasteiger partial charge in [-0.2, -0.15) is 11.8 Å². The summed E-state index contributed by atoms with van der Waals surface area (Å²) in [5.41, 5.74) is 2.84. The van der Waals surface area contributed by atoms with E-state index in [4.69, 9.17) is 10.6 Å². The number of nitrogens with one attached hydrogen (secondary N) is 1. The van der Waals surface area contributed by atoms with Gasteiger partial charge in [-0.1, -0.05) is 20.8 Å². The highest BCUT2D eigenvalue weighted by atomic mass is 32.2. The van der Waals surface area contributed by atoms with Crippen molar-refractivity contribution in [1.29, 1.82) is 0 Å². The van der Waals surface area contributed by atoms with E-state index in [1.54, 1.807) is 7.11 Å². The first-order valence-electron chi connectivity index (χ1n) is 5.85. The lowest BCUT2D eigenvalue weighted by atomic mass is 10.00. The number of nitrogens with two attached hydrogens (primary N) is 1. The molecule has 3 N–H and O–H groups in total. The zero-order valence-corrected chi connectivity index (χ0v) is 12.4. The molecule has 0 aliphatic carbocycles. The number of methoxy groups -OCH3 is 1. The molecule has 0 radical (unpaired) electrons. The summed E-state index contributed by atoms with van der Waals surface area (Å²) in [4.78, 5) is 0. The van der Waals surface area contributed by atoms with Gasteiger partial charge < -0.3 is 4.74 Å². The molecule has 0 saturated carbocycles.